The molecule has 0 aromatic carbocycles. The van der Waals surface area contributed by atoms with Gasteiger partial charge in [0.05, 0.1) is 6.20 Å². The first kappa shape index (κ1) is 8.73. The number of nitrogens with zero attached hydrogens (tertiary/aromatic N) is 1. The topological polar surface area (TPSA) is 89.3 Å². The second-order valence-electron chi connectivity index (χ2n) is 2.32. The van der Waals surface area contributed by atoms with Crippen LogP contribution in [0, 0.1) is 0 Å². The molecule has 0 saturated heterocycles. The molecule has 1 rings (SSSR count). The summed E-state index contributed by atoms with van der Waals surface area (Å²) < 4.78 is 4.88. The SMILES string of the molecule is NCCCc1ncc(C(=O)O)o1. The molecule has 0 spiro atoms. The highest BCUT2D eigenvalue weighted by atomic mass is 16.4. The monoisotopic (exact) mass is 170 g/mol. The second kappa shape index (κ2) is 3.87. The first-order valence-electron chi connectivity index (χ1n) is 3.62. The second-order valence-corrected chi connectivity index (χ2v) is 2.32. The maximum absolute atomic E-state index is 10.3. The number of aryl methyl sites for hydroxylation is 1. The minimum atomic E-state index is -1.10. The molecule has 0 aliphatic rings. The van der Waals surface area contributed by atoms with Crippen LogP contribution in [-0.2, 0) is 6.42 Å². The Balaban J connectivity index is 2.58. The molecule has 0 unspecified atom stereocenters. The van der Waals surface area contributed by atoms with Gasteiger partial charge in [0.15, 0.2) is 5.89 Å². The Morgan fingerprint density at radius 3 is 3.00 bits per heavy atom. The molecule has 0 radical (unpaired) electrons. The number of rotatable bonds is 4. The lowest BCUT2D eigenvalue weighted by molar-refractivity contribution is 0.0660. The van der Waals surface area contributed by atoms with Crippen LogP contribution in [0.15, 0.2) is 10.6 Å². The fourth-order valence-corrected chi connectivity index (χ4v) is 0.778. The van der Waals surface area contributed by atoms with Gasteiger partial charge in [-0.15, -0.1) is 0 Å². The van der Waals surface area contributed by atoms with Crippen LogP contribution in [0.5, 0.6) is 0 Å². The minimum Gasteiger partial charge on any atom is -0.475 e. The number of hydrogen-bond donors (Lipinski definition) is 2. The van der Waals surface area contributed by atoms with Crippen LogP contribution in [0.4, 0.5) is 0 Å². The van der Waals surface area contributed by atoms with Gasteiger partial charge in [0, 0.05) is 6.42 Å². The standard InChI is InChI=1S/C7H10N2O3/c8-3-1-2-6-9-4-5(12-6)7(10)11/h4H,1-3,8H2,(H,10,11). The molecule has 0 aliphatic carbocycles. The fraction of sp³-hybridized carbons (Fsp3) is 0.429. The largest absolute Gasteiger partial charge is 0.475 e. The molecule has 1 aromatic rings. The van der Waals surface area contributed by atoms with Crippen molar-refractivity contribution in [2.45, 2.75) is 12.8 Å². The van der Waals surface area contributed by atoms with E-state index >= 15 is 0 Å². The molecule has 0 atom stereocenters. The number of hydrogen-bond acceptors (Lipinski definition) is 4. The average molecular weight is 170 g/mol. The average Bonchev–Trinajstić information content (AvgIpc) is 2.48. The van der Waals surface area contributed by atoms with E-state index in [-0.39, 0.29) is 5.76 Å². The van der Waals surface area contributed by atoms with Crippen molar-refractivity contribution < 1.29 is 14.3 Å². The zero-order valence-electron chi connectivity index (χ0n) is 6.49. The lowest BCUT2D eigenvalue weighted by atomic mass is 10.3. The molecule has 0 bridgehead atoms. The van der Waals surface area contributed by atoms with Crippen LogP contribution in [0.3, 0.4) is 0 Å². The number of carbonyl (C=O) groups is 1. The summed E-state index contributed by atoms with van der Waals surface area (Å²) in [6.07, 6.45) is 2.54. The van der Waals surface area contributed by atoms with Gasteiger partial charge in [-0.3, -0.25) is 0 Å². The summed E-state index contributed by atoms with van der Waals surface area (Å²) in [5, 5.41) is 8.47. The zero-order valence-corrected chi connectivity index (χ0v) is 6.49. The van der Waals surface area contributed by atoms with E-state index < -0.39 is 5.97 Å². The van der Waals surface area contributed by atoms with Crippen LogP contribution in [-0.4, -0.2) is 22.6 Å². The van der Waals surface area contributed by atoms with Crippen LogP contribution in [0.2, 0.25) is 0 Å². The van der Waals surface area contributed by atoms with Crippen LogP contribution >= 0.6 is 0 Å². The summed E-state index contributed by atoms with van der Waals surface area (Å²) in [5.74, 6) is -0.790. The third kappa shape index (κ3) is 2.06. The number of carboxylic acid groups (broad SMARTS) is 1. The molecule has 5 heteroatoms. The Kier molecular flexibility index (Phi) is 2.82. The van der Waals surface area contributed by atoms with Crippen molar-refractivity contribution in [2.24, 2.45) is 5.73 Å². The minimum absolute atomic E-state index is 0.123. The molecule has 0 aliphatic heterocycles. The third-order valence-electron chi connectivity index (χ3n) is 1.36. The van der Waals surface area contributed by atoms with Crippen molar-refractivity contribution in [3.63, 3.8) is 0 Å². The maximum atomic E-state index is 10.3. The molecule has 0 amide bonds. The molecule has 1 heterocycles. The zero-order chi connectivity index (χ0) is 8.97. The van der Waals surface area contributed by atoms with Crippen molar-refractivity contribution in [3.05, 3.63) is 17.8 Å². The normalized spacial score (nSPS) is 10.1. The number of aromatic nitrogens is 1. The smallest absolute Gasteiger partial charge is 0.373 e. The lowest BCUT2D eigenvalue weighted by Crippen LogP contribution is -2.00. The van der Waals surface area contributed by atoms with Crippen molar-refractivity contribution >= 4 is 5.97 Å². The van der Waals surface area contributed by atoms with Crippen molar-refractivity contribution in [2.75, 3.05) is 6.54 Å². The first-order valence-corrected chi connectivity index (χ1v) is 3.62. The van der Waals surface area contributed by atoms with E-state index in [0.29, 0.717) is 18.9 Å². The predicted molar refractivity (Wildman–Crippen MR) is 40.8 cm³/mol. The van der Waals surface area contributed by atoms with Gasteiger partial charge in [-0.05, 0) is 13.0 Å². The van der Waals surface area contributed by atoms with Crippen LogP contribution in [0.1, 0.15) is 22.9 Å². The van der Waals surface area contributed by atoms with Crippen molar-refractivity contribution in [1.82, 2.24) is 4.98 Å². The van der Waals surface area contributed by atoms with Crippen LogP contribution < -0.4 is 5.73 Å². The molecule has 3 N–H and O–H groups in total. The van der Waals surface area contributed by atoms with Gasteiger partial charge in [0.25, 0.3) is 0 Å². The van der Waals surface area contributed by atoms with Gasteiger partial charge in [0.1, 0.15) is 0 Å². The van der Waals surface area contributed by atoms with E-state index in [1.807, 2.05) is 0 Å². The maximum Gasteiger partial charge on any atom is 0.373 e. The molecule has 1 aromatic heterocycles. The summed E-state index contributed by atoms with van der Waals surface area (Å²) >= 11 is 0. The highest BCUT2D eigenvalue weighted by Gasteiger charge is 2.09. The molecule has 66 valence electrons. The Morgan fingerprint density at radius 1 is 1.75 bits per heavy atom. The number of aromatic carboxylic acids is 1. The van der Waals surface area contributed by atoms with E-state index in [2.05, 4.69) is 4.98 Å². The Bertz CT molecular complexity index is 269. The summed E-state index contributed by atoms with van der Waals surface area (Å²) in [4.78, 5) is 14.1. The van der Waals surface area contributed by atoms with E-state index in [1.54, 1.807) is 0 Å². The van der Waals surface area contributed by atoms with Gasteiger partial charge in [-0.1, -0.05) is 0 Å². The summed E-state index contributed by atoms with van der Waals surface area (Å²) in [7, 11) is 0. The molecule has 0 fully saturated rings. The molecule has 0 saturated carbocycles. The van der Waals surface area contributed by atoms with Crippen molar-refractivity contribution in [1.29, 1.82) is 0 Å². The van der Waals surface area contributed by atoms with Gasteiger partial charge in [0.2, 0.25) is 5.76 Å². The number of carboxylic acids is 1. The Morgan fingerprint density at radius 2 is 2.50 bits per heavy atom. The van der Waals surface area contributed by atoms with E-state index in [1.165, 1.54) is 6.20 Å². The van der Waals surface area contributed by atoms with Gasteiger partial charge in [-0.25, -0.2) is 9.78 Å². The highest BCUT2D eigenvalue weighted by Crippen LogP contribution is 2.04. The predicted octanol–water partition coefficient (Wildman–Crippen LogP) is 0.264. The van der Waals surface area contributed by atoms with Crippen LogP contribution in [0.25, 0.3) is 0 Å². The molecular formula is C7H10N2O3. The lowest BCUT2D eigenvalue weighted by Gasteiger charge is -1.90. The van der Waals surface area contributed by atoms with E-state index in [4.69, 9.17) is 15.3 Å². The molecule has 12 heavy (non-hydrogen) atoms. The molecule has 5 nitrogen and oxygen atoms in total. The highest BCUT2D eigenvalue weighted by molar-refractivity contribution is 5.83. The fourth-order valence-electron chi connectivity index (χ4n) is 0.778. The Hall–Kier alpha value is -1.36. The number of nitrogens with two attached hydrogens (primary N) is 1. The van der Waals surface area contributed by atoms with Gasteiger partial charge >= 0.3 is 5.97 Å². The van der Waals surface area contributed by atoms with E-state index in [0.717, 1.165) is 6.42 Å². The quantitative estimate of drug-likeness (QED) is 0.676. The molecular weight excluding hydrogens is 160 g/mol. The third-order valence-corrected chi connectivity index (χ3v) is 1.36. The van der Waals surface area contributed by atoms with Gasteiger partial charge < -0.3 is 15.3 Å². The Labute approximate surface area is 69.2 Å². The summed E-state index contributed by atoms with van der Waals surface area (Å²) in [5.41, 5.74) is 5.26. The van der Waals surface area contributed by atoms with Gasteiger partial charge in [-0.2, -0.15) is 0 Å². The van der Waals surface area contributed by atoms with E-state index in [9.17, 15) is 4.79 Å². The number of oxazole rings is 1. The summed E-state index contributed by atoms with van der Waals surface area (Å²) in [6.45, 7) is 0.546. The van der Waals surface area contributed by atoms with Crippen molar-refractivity contribution in [3.8, 4) is 0 Å². The summed E-state index contributed by atoms with van der Waals surface area (Å²) in [6, 6.07) is 0. The first-order chi connectivity index (χ1) is 5.74.